The van der Waals surface area contributed by atoms with E-state index in [1.165, 1.54) is 41.8 Å². The van der Waals surface area contributed by atoms with Crippen LogP contribution in [0.4, 0.5) is 0 Å². The van der Waals surface area contributed by atoms with Crippen LogP contribution in [-0.2, 0) is 11.5 Å². The summed E-state index contributed by atoms with van der Waals surface area (Å²) in [7, 11) is 0. The Morgan fingerprint density at radius 1 is 0.950 bits per heavy atom. The third kappa shape index (κ3) is 1.63. The van der Waals surface area contributed by atoms with Gasteiger partial charge in [0.15, 0.2) is 0 Å². The summed E-state index contributed by atoms with van der Waals surface area (Å²) in [5.41, 5.74) is 7.40. The van der Waals surface area contributed by atoms with Crippen LogP contribution in [0.3, 0.4) is 0 Å². The number of fused-ring (bicyclic) bond motifs is 6. The monoisotopic (exact) mass is 382 g/mol. The van der Waals surface area contributed by atoms with Crippen LogP contribution in [0.15, 0.2) is 20.1 Å². The normalized spacial score (nSPS) is 15.2. The van der Waals surface area contributed by atoms with E-state index in [4.69, 9.17) is 0 Å². The molecule has 0 radical (unpaired) electrons. The molecule has 2 aromatic heterocycles. The van der Waals surface area contributed by atoms with E-state index in [-0.39, 0.29) is 14.7 Å². The first-order valence-corrected chi connectivity index (χ1v) is 10.3. The van der Waals surface area contributed by atoms with E-state index < -0.39 is 0 Å². The van der Waals surface area contributed by atoms with Gasteiger partial charge in [0.05, 0.1) is 0 Å². The average Bonchev–Trinajstić information content (AvgIpc) is 3.13. The zero-order valence-corrected chi connectivity index (χ0v) is 14.2. The van der Waals surface area contributed by atoms with Gasteiger partial charge in [-0.05, 0) is 0 Å². The third-order valence-corrected chi connectivity index (χ3v) is 8.62. The molecule has 2 aliphatic rings. The second-order valence-electron chi connectivity index (χ2n) is 4.56. The van der Waals surface area contributed by atoms with Crippen LogP contribution in [0.5, 0.6) is 0 Å². The first-order chi connectivity index (χ1) is 9.90. The zero-order chi connectivity index (χ0) is 13.1. The second kappa shape index (κ2) is 4.42. The minimum absolute atomic E-state index is 0.191. The summed E-state index contributed by atoms with van der Waals surface area (Å²) < 4.78 is 10.9. The van der Waals surface area contributed by atoms with Crippen molar-refractivity contribution in [2.75, 3.05) is 0 Å². The van der Waals surface area contributed by atoms with Gasteiger partial charge in [-0.3, -0.25) is 0 Å². The number of thioether (sulfide) groups is 2. The summed E-state index contributed by atoms with van der Waals surface area (Å²) >= 11 is 5.43. The topological polar surface area (TPSA) is 51.6 Å². The Labute approximate surface area is 133 Å². The van der Waals surface area contributed by atoms with Gasteiger partial charge in [0.1, 0.15) is 0 Å². The maximum atomic E-state index is 4.36. The Morgan fingerprint density at radius 2 is 1.80 bits per heavy atom. The van der Waals surface area contributed by atoms with Crippen molar-refractivity contribution in [3.63, 3.8) is 0 Å². The molecule has 5 rings (SSSR count). The summed E-state index contributed by atoms with van der Waals surface area (Å²) in [5.74, 6) is 2.06. The van der Waals surface area contributed by atoms with Gasteiger partial charge >= 0.3 is 134 Å². The summed E-state index contributed by atoms with van der Waals surface area (Å²) in [5, 5.41) is 8.67. The molecule has 4 heterocycles. The molecule has 0 unspecified atom stereocenters. The summed E-state index contributed by atoms with van der Waals surface area (Å²) in [6.45, 7) is 0. The Balaban J connectivity index is 1.80. The maximum absolute atomic E-state index is 4.36. The molecule has 0 saturated heterocycles. The molecular weight excluding hydrogens is 375 g/mol. The van der Waals surface area contributed by atoms with Crippen LogP contribution < -0.4 is 0 Å². The van der Waals surface area contributed by atoms with Crippen molar-refractivity contribution < 1.29 is 0 Å². The SMILES string of the molecule is c1c2c(cc3c1CSc1[se]nnc1-3)-c1nnsc1SC2. The van der Waals surface area contributed by atoms with Crippen LogP contribution in [0.1, 0.15) is 11.1 Å². The fourth-order valence-electron chi connectivity index (χ4n) is 2.54. The van der Waals surface area contributed by atoms with Gasteiger partial charge in [0.2, 0.25) is 0 Å². The Hall–Kier alpha value is -0.661. The Bertz CT molecular complexity index is 776. The fourth-order valence-corrected chi connectivity index (χ4v) is 6.93. The van der Waals surface area contributed by atoms with Crippen molar-refractivity contribution in [2.45, 2.75) is 19.5 Å². The van der Waals surface area contributed by atoms with E-state index in [2.05, 4.69) is 30.9 Å². The van der Waals surface area contributed by atoms with E-state index in [1.54, 1.807) is 0 Å². The fraction of sp³-hybridized carbons (Fsp3) is 0.167. The van der Waals surface area contributed by atoms with E-state index >= 15 is 0 Å². The van der Waals surface area contributed by atoms with Crippen molar-refractivity contribution in [1.29, 1.82) is 0 Å². The molecule has 0 saturated carbocycles. The number of benzene rings is 1. The molecule has 20 heavy (non-hydrogen) atoms. The molecule has 0 amide bonds. The standard InChI is InChI=1S/C12H6N4S3Se/c1-5-3-17-11-9(13-15-19-11)7(5)2-8-6(1)4-18-12-10(8)14-16-20-12/h1-2H,3-4H2. The molecule has 98 valence electrons. The second-order valence-corrected chi connectivity index (χ2v) is 9.71. The minimum atomic E-state index is 0.191. The summed E-state index contributed by atoms with van der Waals surface area (Å²) in [4.78, 5) is 0. The predicted octanol–water partition coefficient (Wildman–Crippen LogP) is 2.93. The molecule has 0 atom stereocenters. The van der Waals surface area contributed by atoms with E-state index in [1.807, 2.05) is 23.5 Å². The first kappa shape index (κ1) is 11.9. The Kier molecular flexibility index (Phi) is 2.64. The first-order valence-electron chi connectivity index (χ1n) is 5.97. The quantitative estimate of drug-likeness (QED) is 0.558. The number of nitrogens with zero attached hydrogens (tertiary/aromatic N) is 4. The van der Waals surface area contributed by atoms with Gasteiger partial charge in [-0.1, -0.05) is 0 Å². The molecule has 0 aliphatic carbocycles. The van der Waals surface area contributed by atoms with Crippen molar-refractivity contribution in [2.24, 2.45) is 0 Å². The molecule has 3 aromatic rings. The predicted molar refractivity (Wildman–Crippen MR) is 82.4 cm³/mol. The third-order valence-electron chi connectivity index (χ3n) is 3.47. The molecule has 4 nitrogen and oxygen atoms in total. The molecule has 0 N–H and O–H groups in total. The molecule has 2 aliphatic heterocycles. The Morgan fingerprint density at radius 3 is 2.75 bits per heavy atom. The molecule has 0 bridgehead atoms. The number of aromatic nitrogens is 4. The van der Waals surface area contributed by atoms with Crippen molar-refractivity contribution >= 4 is 49.8 Å². The molecular formula is C12H6N4S3Se. The van der Waals surface area contributed by atoms with Gasteiger partial charge < -0.3 is 0 Å². The molecule has 8 heteroatoms. The zero-order valence-electron chi connectivity index (χ0n) is 9.99. The van der Waals surface area contributed by atoms with Crippen LogP contribution >= 0.6 is 35.1 Å². The van der Waals surface area contributed by atoms with Gasteiger partial charge in [-0.25, -0.2) is 0 Å². The van der Waals surface area contributed by atoms with Crippen molar-refractivity contribution in [3.8, 4) is 22.5 Å². The van der Waals surface area contributed by atoms with Gasteiger partial charge in [-0.15, -0.1) is 0 Å². The van der Waals surface area contributed by atoms with Gasteiger partial charge in [0, 0.05) is 0 Å². The van der Waals surface area contributed by atoms with E-state index in [9.17, 15) is 0 Å². The van der Waals surface area contributed by atoms with Crippen molar-refractivity contribution in [1.82, 2.24) is 18.8 Å². The number of hydrogen-bond donors (Lipinski definition) is 0. The number of rotatable bonds is 0. The van der Waals surface area contributed by atoms with Crippen LogP contribution in [0.25, 0.3) is 22.5 Å². The van der Waals surface area contributed by atoms with Crippen LogP contribution in [0.2, 0.25) is 0 Å². The van der Waals surface area contributed by atoms with E-state index in [0.29, 0.717) is 0 Å². The average molecular weight is 381 g/mol. The van der Waals surface area contributed by atoms with Crippen LogP contribution in [0, 0.1) is 0 Å². The number of hydrogen-bond acceptors (Lipinski definition) is 7. The molecule has 1 aromatic carbocycles. The summed E-state index contributed by atoms with van der Waals surface area (Å²) in [6, 6.07) is 4.59. The molecule has 0 spiro atoms. The van der Waals surface area contributed by atoms with Crippen molar-refractivity contribution in [3.05, 3.63) is 23.3 Å². The van der Waals surface area contributed by atoms with Gasteiger partial charge in [0.25, 0.3) is 0 Å². The van der Waals surface area contributed by atoms with Crippen LogP contribution in [-0.4, -0.2) is 33.5 Å². The van der Waals surface area contributed by atoms with Gasteiger partial charge in [-0.2, -0.15) is 0 Å². The molecule has 0 fully saturated rings. The van der Waals surface area contributed by atoms with E-state index in [0.717, 1.165) is 22.9 Å². The summed E-state index contributed by atoms with van der Waals surface area (Å²) in [6.07, 6.45) is 0.